The van der Waals surface area contributed by atoms with Gasteiger partial charge in [0, 0.05) is 24.4 Å². The average Bonchev–Trinajstić information content (AvgIpc) is 3.58. The zero-order chi connectivity index (χ0) is 23.7. The molecule has 34 heavy (non-hydrogen) atoms. The number of carbonyl (C=O) groups is 2. The maximum absolute atomic E-state index is 13.2. The van der Waals surface area contributed by atoms with Gasteiger partial charge in [-0.1, -0.05) is 35.9 Å². The molecule has 0 saturated heterocycles. The second kappa shape index (κ2) is 9.58. The van der Waals surface area contributed by atoms with Gasteiger partial charge in [0.2, 0.25) is 5.91 Å². The molecule has 2 amide bonds. The van der Waals surface area contributed by atoms with Crippen LogP contribution in [0.1, 0.15) is 63.6 Å². The zero-order valence-corrected chi connectivity index (χ0v) is 20.4. The topological polar surface area (TPSA) is 71.5 Å². The van der Waals surface area contributed by atoms with Gasteiger partial charge in [-0.2, -0.15) is 0 Å². The van der Waals surface area contributed by atoms with E-state index >= 15 is 0 Å². The second-order valence-electron chi connectivity index (χ2n) is 9.01. The molecule has 3 aromatic rings. The lowest BCUT2D eigenvalue weighted by Gasteiger charge is -2.38. The average molecular weight is 476 g/mol. The summed E-state index contributed by atoms with van der Waals surface area (Å²) in [6, 6.07) is 14.5. The Morgan fingerprint density at radius 1 is 1.21 bits per heavy atom. The molecule has 1 aliphatic heterocycles. The fourth-order valence-corrected chi connectivity index (χ4v) is 5.25. The van der Waals surface area contributed by atoms with Crippen LogP contribution >= 0.6 is 11.3 Å². The van der Waals surface area contributed by atoms with Crippen LogP contribution in [0.2, 0.25) is 0 Å². The van der Waals surface area contributed by atoms with E-state index < -0.39 is 0 Å². The van der Waals surface area contributed by atoms with Crippen LogP contribution in [0.25, 0.3) is 0 Å². The number of fused-ring (bicyclic) bond motifs is 1. The minimum absolute atomic E-state index is 0.107. The smallest absolute Gasteiger partial charge is 0.270 e. The van der Waals surface area contributed by atoms with E-state index in [0.717, 1.165) is 47.7 Å². The number of nitrogens with one attached hydrogen (secondary N) is 1. The Bertz CT molecular complexity index is 1220. The molecular formula is C27H29N3O3S. The lowest BCUT2D eigenvalue weighted by molar-refractivity contribution is -0.134. The molecule has 5 rings (SSSR count). The molecule has 2 heterocycles. The highest BCUT2D eigenvalue weighted by atomic mass is 32.1. The summed E-state index contributed by atoms with van der Waals surface area (Å²) < 4.78 is 6.09. The third kappa shape index (κ3) is 4.71. The lowest BCUT2D eigenvalue weighted by Crippen LogP contribution is -2.41. The number of hydrogen-bond acceptors (Lipinski definition) is 5. The maximum atomic E-state index is 13.2. The van der Waals surface area contributed by atoms with E-state index in [0.29, 0.717) is 18.8 Å². The van der Waals surface area contributed by atoms with Gasteiger partial charge >= 0.3 is 0 Å². The molecule has 0 bridgehead atoms. The molecule has 2 aliphatic rings. The highest BCUT2D eigenvalue weighted by Crippen LogP contribution is 2.41. The Hall–Kier alpha value is -3.19. The maximum Gasteiger partial charge on any atom is 0.270 e. The van der Waals surface area contributed by atoms with Crippen LogP contribution in [0.15, 0.2) is 47.8 Å². The Labute approximate surface area is 204 Å². The summed E-state index contributed by atoms with van der Waals surface area (Å²) in [6.07, 6.45) is 2.84. The minimum Gasteiger partial charge on any atom is -0.486 e. The predicted molar refractivity (Wildman–Crippen MR) is 132 cm³/mol. The van der Waals surface area contributed by atoms with Crippen molar-refractivity contribution in [3.63, 3.8) is 0 Å². The molecule has 0 radical (unpaired) electrons. The Morgan fingerprint density at radius 3 is 2.82 bits per heavy atom. The van der Waals surface area contributed by atoms with Crippen molar-refractivity contribution in [2.75, 3.05) is 13.1 Å². The van der Waals surface area contributed by atoms with Crippen molar-refractivity contribution in [1.29, 1.82) is 0 Å². The van der Waals surface area contributed by atoms with E-state index in [2.05, 4.69) is 58.5 Å². The molecule has 1 aromatic heterocycles. The number of benzene rings is 2. The first-order valence-corrected chi connectivity index (χ1v) is 12.8. The lowest BCUT2D eigenvalue weighted by atomic mass is 9.87. The second-order valence-corrected chi connectivity index (χ2v) is 9.95. The third-order valence-electron chi connectivity index (χ3n) is 6.40. The molecule has 1 N–H and O–H groups in total. The van der Waals surface area contributed by atoms with E-state index in [4.69, 9.17) is 4.74 Å². The zero-order valence-electron chi connectivity index (χ0n) is 19.5. The van der Waals surface area contributed by atoms with Gasteiger partial charge < -0.3 is 15.0 Å². The molecule has 176 valence electrons. The summed E-state index contributed by atoms with van der Waals surface area (Å²) in [6.45, 7) is 5.57. The van der Waals surface area contributed by atoms with Gasteiger partial charge in [-0.05, 0) is 61.9 Å². The summed E-state index contributed by atoms with van der Waals surface area (Å²) in [7, 11) is 0. The highest BCUT2D eigenvalue weighted by Gasteiger charge is 2.39. The van der Waals surface area contributed by atoms with E-state index in [1.165, 1.54) is 22.5 Å². The number of thiazole rings is 1. The first-order chi connectivity index (χ1) is 16.5. The van der Waals surface area contributed by atoms with Crippen molar-refractivity contribution < 1.29 is 14.3 Å². The molecule has 7 heteroatoms. The third-order valence-corrected chi connectivity index (χ3v) is 7.22. The van der Waals surface area contributed by atoms with Gasteiger partial charge in [0.15, 0.2) is 0 Å². The van der Waals surface area contributed by atoms with E-state index in [1.54, 1.807) is 5.38 Å². The first kappa shape index (κ1) is 22.6. The molecule has 1 atom stereocenters. The van der Waals surface area contributed by atoms with Crippen LogP contribution in [0.3, 0.4) is 0 Å². The van der Waals surface area contributed by atoms with Gasteiger partial charge in [0.05, 0.1) is 6.04 Å². The van der Waals surface area contributed by atoms with Crippen LogP contribution in [0, 0.1) is 12.8 Å². The van der Waals surface area contributed by atoms with Crippen molar-refractivity contribution >= 4 is 23.2 Å². The molecule has 6 nitrogen and oxygen atoms in total. The van der Waals surface area contributed by atoms with Gasteiger partial charge in [0.1, 0.15) is 23.1 Å². The first-order valence-electron chi connectivity index (χ1n) is 11.9. The normalized spacial score (nSPS) is 17.2. The Kier molecular flexibility index (Phi) is 6.37. The summed E-state index contributed by atoms with van der Waals surface area (Å²) in [4.78, 5) is 31.6. The number of rotatable bonds is 7. The molecule has 2 aromatic carbocycles. The largest absolute Gasteiger partial charge is 0.486 e. The highest BCUT2D eigenvalue weighted by molar-refractivity contribution is 7.09. The van der Waals surface area contributed by atoms with Gasteiger partial charge in [-0.3, -0.25) is 9.59 Å². The van der Waals surface area contributed by atoms with E-state index in [1.807, 2.05) is 13.0 Å². The summed E-state index contributed by atoms with van der Waals surface area (Å²) in [5.74, 6) is 1.02. The molecule has 0 spiro atoms. The Morgan fingerprint density at radius 2 is 2.06 bits per heavy atom. The quantitative estimate of drug-likeness (QED) is 0.539. The number of nitrogens with zero attached hydrogens (tertiary/aromatic N) is 2. The summed E-state index contributed by atoms with van der Waals surface area (Å²) in [5, 5.41) is 5.27. The fourth-order valence-electron chi connectivity index (χ4n) is 4.56. The monoisotopic (exact) mass is 475 g/mol. The standard InChI is InChI=1S/C27H29N3O3S/c1-3-28-26(31)23-16-34-24(29-23)15-33-21-10-9-18-11-12-30(27(32)19-7-8-19)25(22(18)14-21)20-6-4-5-17(2)13-20/h4-6,9-10,13-14,16,19,25H,3,7-8,11-12,15H2,1-2H3,(H,28,31). The number of aromatic nitrogens is 1. The summed E-state index contributed by atoms with van der Waals surface area (Å²) in [5.41, 5.74) is 5.13. The molecule has 1 aliphatic carbocycles. The van der Waals surface area contributed by atoms with Gasteiger partial charge in [-0.25, -0.2) is 4.98 Å². The molecule has 1 saturated carbocycles. The number of aryl methyl sites for hydroxylation is 1. The van der Waals surface area contributed by atoms with E-state index in [9.17, 15) is 9.59 Å². The van der Waals surface area contributed by atoms with Crippen LogP contribution < -0.4 is 10.1 Å². The van der Waals surface area contributed by atoms with Gasteiger partial charge in [-0.15, -0.1) is 11.3 Å². The van der Waals surface area contributed by atoms with Crippen LogP contribution in [-0.2, 0) is 17.8 Å². The number of carbonyl (C=O) groups excluding carboxylic acids is 2. The van der Waals surface area contributed by atoms with Crippen molar-refractivity contribution in [2.24, 2.45) is 5.92 Å². The number of amides is 2. The van der Waals surface area contributed by atoms with Crippen molar-refractivity contribution in [2.45, 2.75) is 45.8 Å². The van der Waals surface area contributed by atoms with Crippen LogP contribution in [-0.4, -0.2) is 34.8 Å². The van der Waals surface area contributed by atoms with Crippen molar-refractivity contribution in [3.05, 3.63) is 80.8 Å². The van der Waals surface area contributed by atoms with E-state index in [-0.39, 0.29) is 23.8 Å². The van der Waals surface area contributed by atoms with Crippen LogP contribution in [0.5, 0.6) is 5.75 Å². The van der Waals surface area contributed by atoms with Crippen molar-refractivity contribution in [1.82, 2.24) is 15.2 Å². The summed E-state index contributed by atoms with van der Waals surface area (Å²) >= 11 is 1.42. The number of hydrogen-bond donors (Lipinski definition) is 1. The predicted octanol–water partition coefficient (Wildman–Crippen LogP) is 4.66. The fraction of sp³-hybridized carbons (Fsp3) is 0.370. The molecule has 1 unspecified atom stereocenters. The SMILES string of the molecule is CCNC(=O)c1csc(COc2ccc3c(c2)C(c2cccc(C)c2)N(C(=O)C2CC2)CC3)n1. The molecule has 1 fully saturated rings. The van der Waals surface area contributed by atoms with Crippen molar-refractivity contribution in [3.8, 4) is 5.75 Å². The number of ether oxygens (including phenoxy) is 1. The van der Waals surface area contributed by atoms with Crippen LogP contribution in [0.4, 0.5) is 0 Å². The Balaban J connectivity index is 1.41. The van der Waals surface area contributed by atoms with Gasteiger partial charge in [0.25, 0.3) is 5.91 Å². The molecular weight excluding hydrogens is 446 g/mol. The minimum atomic E-state index is -0.166.